The predicted molar refractivity (Wildman–Crippen MR) is 100 cm³/mol. The van der Waals surface area contributed by atoms with Gasteiger partial charge in [0.15, 0.2) is 16.6 Å². The first-order chi connectivity index (χ1) is 13.3. The zero-order valence-corrected chi connectivity index (χ0v) is 14.7. The Labute approximate surface area is 155 Å². The number of nitrogens with zero attached hydrogens (tertiary/aromatic N) is 7. The lowest BCUT2D eigenvalue weighted by molar-refractivity contribution is 0.619. The Hall–Kier alpha value is -3.59. The fourth-order valence-electron chi connectivity index (χ4n) is 3.11. The van der Waals surface area contributed by atoms with Crippen molar-refractivity contribution in [3.8, 4) is 10.8 Å². The lowest BCUT2D eigenvalue weighted by Gasteiger charge is -1.98. The summed E-state index contributed by atoms with van der Waals surface area (Å²) in [5.74, 6) is 1.42. The van der Waals surface area contributed by atoms with Crippen LogP contribution in [0.2, 0.25) is 0 Å². The fraction of sp³-hybridized carbons (Fsp3) is 0.0556. The molecule has 130 valence electrons. The summed E-state index contributed by atoms with van der Waals surface area (Å²) in [4.78, 5) is 0.713. The average molecular weight is 373 g/mol. The number of benzene rings is 2. The van der Waals surface area contributed by atoms with Crippen LogP contribution >= 0.6 is 11.3 Å². The van der Waals surface area contributed by atoms with E-state index in [2.05, 4.69) is 25.6 Å². The topological polar surface area (TPSA) is 86.9 Å². The molecule has 0 radical (unpaired) electrons. The molecule has 0 aliphatic heterocycles. The van der Waals surface area contributed by atoms with Gasteiger partial charge in [0.05, 0.1) is 5.52 Å². The van der Waals surface area contributed by atoms with Gasteiger partial charge in [-0.1, -0.05) is 46.9 Å². The summed E-state index contributed by atoms with van der Waals surface area (Å²) < 4.78 is 9.45. The first-order valence-electron chi connectivity index (χ1n) is 8.33. The summed E-state index contributed by atoms with van der Waals surface area (Å²) in [6, 6.07) is 17.7. The molecule has 0 amide bonds. The molecule has 0 aliphatic rings. The van der Waals surface area contributed by atoms with Crippen LogP contribution in [0, 0.1) is 0 Å². The lowest BCUT2D eigenvalue weighted by atomic mass is 10.2. The van der Waals surface area contributed by atoms with E-state index < -0.39 is 0 Å². The van der Waals surface area contributed by atoms with E-state index in [0.29, 0.717) is 17.3 Å². The van der Waals surface area contributed by atoms with Crippen LogP contribution in [0.5, 0.6) is 0 Å². The van der Waals surface area contributed by atoms with Crippen LogP contribution in [-0.2, 0) is 6.54 Å². The van der Waals surface area contributed by atoms with Crippen molar-refractivity contribution >= 4 is 38.3 Å². The maximum absolute atomic E-state index is 5.92. The summed E-state index contributed by atoms with van der Waals surface area (Å²) in [5.41, 5.74) is 2.63. The molecule has 6 aromatic rings. The SMILES string of the molecule is c1ccc2oc(-c3nn4c(Cn5nnc6ccccc65)nnc4s3)cc2c1. The van der Waals surface area contributed by atoms with Gasteiger partial charge in [0, 0.05) is 5.39 Å². The molecule has 0 saturated carbocycles. The van der Waals surface area contributed by atoms with Crippen LogP contribution < -0.4 is 0 Å². The molecule has 0 aliphatic carbocycles. The highest BCUT2D eigenvalue weighted by Gasteiger charge is 2.17. The Morgan fingerprint density at radius 1 is 0.963 bits per heavy atom. The van der Waals surface area contributed by atoms with E-state index in [1.807, 2.05) is 54.6 Å². The van der Waals surface area contributed by atoms with E-state index in [4.69, 9.17) is 4.42 Å². The number of aromatic nitrogens is 7. The molecule has 6 rings (SSSR count). The summed E-state index contributed by atoms with van der Waals surface area (Å²) >= 11 is 1.44. The normalized spacial score (nSPS) is 11.9. The number of hydrogen-bond acceptors (Lipinski definition) is 7. The van der Waals surface area contributed by atoms with Gasteiger partial charge < -0.3 is 4.42 Å². The molecular formula is C18H11N7OS. The van der Waals surface area contributed by atoms with Crippen molar-refractivity contribution in [3.63, 3.8) is 0 Å². The van der Waals surface area contributed by atoms with E-state index in [1.54, 1.807) is 9.20 Å². The number of hydrogen-bond donors (Lipinski definition) is 0. The highest BCUT2D eigenvalue weighted by molar-refractivity contribution is 7.19. The average Bonchev–Trinajstić information content (AvgIpc) is 3.45. The molecule has 0 atom stereocenters. The molecule has 0 fully saturated rings. The number of rotatable bonds is 3. The molecular weight excluding hydrogens is 362 g/mol. The molecule has 8 nitrogen and oxygen atoms in total. The summed E-state index contributed by atoms with van der Waals surface area (Å²) in [7, 11) is 0. The lowest BCUT2D eigenvalue weighted by Crippen LogP contribution is -2.06. The minimum Gasteiger partial charge on any atom is -0.453 e. The van der Waals surface area contributed by atoms with Gasteiger partial charge in [0.2, 0.25) is 4.96 Å². The quantitative estimate of drug-likeness (QED) is 0.473. The molecule has 9 heteroatoms. The van der Waals surface area contributed by atoms with Crippen LogP contribution in [0.15, 0.2) is 59.0 Å². The smallest absolute Gasteiger partial charge is 0.235 e. The molecule has 4 heterocycles. The van der Waals surface area contributed by atoms with E-state index in [-0.39, 0.29) is 0 Å². The highest BCUT2D eigenvalue weighted by Crippen LogP contribution is 2.30. The molecule has 0 spiro atoms. The van der Waals surface area contributed by atoms with Gasteiger partial charge in [-0.3, -0.25) is 0 Å². The van der Waals surface area contributed by atoms with Crippen LogP contribution in [0.1, 0.15) is 5.82 Å². The second-order valence-electron chi connectivity index (χ2n) is 6.10. The van der Waals surface area contributed by atoms with Crippen LogP contribution in [-0.4, -0.2) is 34.8 Å². The minimum absolute atomic E-state index is 0.435. The largest absolute Gasteiger partial charge is 0.453 e. The Morgan fingerprint density at radius 2 is 1.85 bits per heavy atom. The van der Waals surface area contributed by atoms with Crippen molar-refractivity contribution in [2.75, 3.05) is 0 Å². The first-order valence-corrected chi connectivity index (χ1v) is 9.15. The zero-order valence-electron chi connectivity index (χ0n) is 13.9. The fourth-order valence-corrected chi connectivity index (χ4v) is 3.92. The minimum atomic E-state index is 0.435. The Bertz CT molecular complexity index is 1390. The van der Waals surface area contributed by atoms with Crippen LogP contribution in [0.4, 0.5) is 0 Å². The number of fused-ring (bicyclic) bond motifs is 3. The van der Waals surface area contributed by atoms with Crippen molar-refractivity contribution in [2.45, 2.75) is 6.54 Å². The van der Waals surface area contributed by atoms with Crippen molar-refractivity contribution in [1.29, 1.82) is 0 Å². The third kappa shape index (κ3) is 2.25. The zero-order chi connectivity index (χ0) is 17.8. The van der Waals surface area contributed by atoms with E-state index in [0.717, 1.165) is 32.8 Å². The standard InChI is InChI=1S/C18H11N7OS/c1-4-8-14-11(5-1)9-15(26-14)17-22-25-16(20-21-18(25)27-17)10-24-13-7-3-2-6-12(13)19-23-24/h1-9H,10H2. The van der Waals surface area contributed by atoms with E-state index in [1.165, 1.54) is 11.3 Å². The predicted octanol–water partition coefficient (Wildman–Crippen LogP) is 3.39. The van der Waals surface area contributed by atoms with Gasteiger partial charge in [-0.2, -0.15) is 4.52 Å². The number of para-hydroxylation sites is 2. The van der Waals surface area contributed by atoms with E-state index in [9.17, 15) is 0 Å². The highest BCUT2D eigenvalue weighted by atomic mass is 32.1. The molecule has 4 aromatic heterocycles. The third-order valence-corrected chi connectivity index (χ3v) is 5.32. The maximum atomic E-state index is 5.92. The van der Waals surface area contributed by atoms with Gasteiger partial charge in [-0.25, -0.2) is 4.68 Å². The number of furan rings is 1. The van der Waals surface area contributed by atoms with Crippen molar-refractivity contribution in [1.82, 2.24) is 34.8 Å². The molecule has 0 N–H and O–H groups in total. The first kappa shape index (κ1) is 14.6. The van der Waals surface area contributed by atoms with Crippen LogP contribution in [0.3, 0.4) is 0 Å². The van der Waals surface area contributed by atoms with Gasteiger partial charge >= 0.3 is 0 Å². The van der Waals surface area contributed by atoms with Crippen molar-refractivity contribution < 1.29 is 4.42 Å². The molecule has 27 heavy (non-hydrogen) atoms. The molecule has 0 bridgehead atoms. The van der Waals surface area contributed by atoms with Crippen LogP contribution in [0.25, 0.3) is 37.7 Å². The van der Waals surface area contributed by atoms with Gasteiger partial charge in [0.1, 0.15) is 17.6 Å². The van der Waals surface area contributed by atoms with Gasteiger partial charge in [-0.15, -0.1) is 20.4 Å². The monoisotopic (exact) mass is 373 g/mol. The summed E-state index contributed by atoms with van der Waals surface area (Å²) in [6.07, 6.45) is 0. The maximum Gasteiger partial charge on any atom is 0.235 e. The molecule has 2 aromatic carbocycles. The van der Waals surface area contributed by atoms with E-state index >= 15 is 0 Å². The Balaban J connectivity index is 1.42. The van der Waals surface area contributed by atoms with Crippen molar-refractivity contribution in [3.05, 3.63) is 60.4 Å². The molecule has 0 unspecified atom stereocenters. The summed E-state index contributed by atoms with van der Waals surface area (Å²) in [5, 5.41) is 23.4. The van der Waals surface area contributed by atoms with Crippen molar-refractivity contribution in [2.24, 2.45) is 0 Å². The second kappa shape index (κ2) is 5.45. The summed E-state index contributed by atoms with van der Waals surface area (Å²) in [6.45, 7) is 0.435. The Kier molecular flexibility index (Phi) is 2.94. The Morgan fingerprint density at radius 3 is 2.81 bits per heavy atom. The van der Waals surface area contributed by atoms with Gasteiger partial charge in [-0.05, 0) is 24.3 Å². The second-order valence-corrected chi connectivity index (χ2v) is 7.06. The molecule has 0 saturated heterocycles. The van der Waals surface area contributed by atoms with Gasteiger partial charge in [0.25, 0.3) is 0 Å². The third-order valence-electron chi connectivity index (χ3n) is 4.40.